The number of ether oxygens (including phenoxy) is 3. The fourth-order valence-corrected chi connectivity index (χ4v) is 4.12. The van der Waals surface area contributed by atoms with Crippen molar-refractivity contribution in [1.29, 1.82) is 0 Å². The zero-order valence-electron chi connectivity index (χ0n) is 18.4. The first kappa shape index (κ1) is 22.3. The summed E-state index contributed by atoms with van der Waals surface area (Å²) < 4.78 is 16.6. The molecule has 2 aromatic heterocycles. The van der Waals surface area contributed by atoms with E-state index in [1.54, 1.807) is 38.8 Å². The number of rotatable bonds is 9. The number of pyridine rings is 1. The number of carbonyl (C=O) groups excluding carboxylic acids is 1. The molecule has 2 heterocycles. The molecule has 0 aliphatic heterocycles. The Morgan fingerprint density at radius 1 is 0.909 bits per heavy atom. The summed E-state index contributed by atoms with van der Waals surface area (Å²) in [5.74, 6) is 2.00. The average molecular weight is 458 g/mol. The van der Waals surface area contributed by atoms with Crippen LogP contribution in [0.15, 0.2) is 85.2 Å². The summed E-state index contributed by atoms with van der Waals surface area (Å²) in [7, 11) is 3.24. The number of allylic oxidation sites excluding steroid dienone is 1. The van der Waals surface area contributed by atoms with Crippen LogP contribution in [0.2, 0.25) is 0 Å². The summed E-state index contributed by atoms with van der Waals surface area (Å²) in [6.45, 7) is 0.409. The van der Waals surface area contributed by atoms with Crippen LogP contribution in [-0.4, -0.2) is 25.0 Å². The summed E-state index contributed by atoms with van der Waals surface area (Å²) in [5, 5.41) is 0. The number of thiophene rings is 1. The van der Waals surface area contributed by atoms with Crippen molar-refractivity contribution in [1.82, 2.24) is 4.98 Å². The summed E-state index contributed by atoms with van der Waals surface area (Å²) in [6.07, 6.45) is 6.85. The second-order valence-electron chi connectivity index (χ2n) is 7.14. The van der Waals surface area contributed by atoms with Gasteiger partial charge >= 0.3 is 0 Å². The topological polar surface area (TPSA) is 57.7 Å². The Bertz CT molecular complexity index is 1250. The van der Waals surface area contributed by atoms with Crippen LogP contribution in [0.1, 0.15) is 20.8 Å². The van der Waals surface area contributed by atoms with Gasteiger partial charge in [-0.05, 0) is 71.3 Å². The molecule has 0 radical (unpaired) electrons. The van der Waals surface area contributed by atoms with Crippen molar-refractivity contribution in [3.63, 3.8) is 0 Å². The Balaban J connectivity index is 1.41. The van der Waals surface area contributed by atoms with Crippen molar-refractivity contribution in [3.8, 4) is 27.7 Å². The van der Waals surface area contributed by atoms with Crippen LogP contribution in [0.25, 0.3) is 16.5 Å². The standard InChI is InChI=1S/C27H23NO4S/c1-30-22-7-3-20(4-8-22)18-32-24-10-6-19(17-25(24)31-2)5-9-23(29)27-12-11-26(33-27)21-13-15-28-16-14-21/h3-17H,18H2,1-2H3/b9-5+. The smallest absolute Gasteiger partial charge is 0.195 e. The maximum atomic E-state index is 12.6. The highest BCUT2D eigenvalue weighted by Gasteiger charge is 2.09. The number of aromatic nitrogens is 1. The van der Waals surface area contributed by atoms with Gasteiger partial charge in [-0.1, -0.05) is 24.3 Å². The van der Waals surface area contributed by atoms with Gasteiger partial charge < -0.3 is 14.2 Å². The van der Waals surface area contributed by atoms with Crippen molar-refractivity contribution in [2.45, 2.75) is 6.61 Å². The van der Waals surface area contributed by atoms with E-state index < -0.39 is 0 Å². The third-order valence-electron chi connectivity index (χ3n) is 4.98. The SMILES string of the molecule is COc1ccc(COc2ccc(/C=C/C(=O)c3ccc(-c4ccncc4)s3)cc2OC)cc1. The van der Waals surface area contributed by atoms with Crippen molar-refractivity contribution in [2.24, 2.45) is 0 Å². The van der Waals surface area contributed by atoms with E-state index in [1.807, 2.05) is 66.7 Å². The number of nitrogens with zero attached hydrogens (tertiary/aromatic N) is 1. The number of hydrogen-bond donors (Lipinski definition) is 0. The molecule has 0 atom stereocenters. The van der Waals surface area contributed by atoms with E-state index in [0.29, 0.717) is 23.0 Å². The Kier molecular flexibility index (Phi) is 7.17. The molecule has 2 aromatic carbocycles. The molecule has 0 aliphatic rings. The quantitative estimate of drug-likeness (QED) is 0.218. The Labute approximate surface area is 196 Å². The normalized spacial score (nSPS) is 10.8. The lowest BCUT2D eigenvalue weighted by atomic mass is 10.1. The molecule has 4 rings (SSSR count). The molecule has 166 valence electrons. The lowest BCUT2D eigenvalue weighted by Gasteiger charge is -2.11. The predicted molar refractivity (Wildman–Crippen MR) is 131 cm³/mol. The number of hydrogen-bond acceptors (Lipinski definition) is 6. The van der Waals surface area contributed by atoms with E-state index in [1.165, 1.54) is 11.3 Å². The molecule has 0 saturated carbocycles. The lowest BCUT2D eigenvalue weighted by Crippen LogP contribution is -1.98. The molecule has 0 N–H and O–H groups in total. The molecule has 0 fully saturated rings. The zero-order chi connectivity index (χ0) is 23.0. The fourth-order valence-electron chi connectivity index (χ4n) is 3.19. The van der Waals surface area contributed by atoms with Gasteiger partial charge in [-0.25, -0.2) is 0 Å². The van der Waals surface area contributed by atoms with Crippen LogP contribution in [-0.2, 0) is 6.61 Å². The van der Waals surface area contributed by atoms with Crippen LogP contribution < -0.4 is 14.2 Å². The number of carbonyl (C=O) groups is 1. The Morgan fingerprint density at radius 2 is 1.70 bits per heavy atom. The first-order chi connectivity index (χ1) is 16.2. The van der Waals surface area contributed by atoms with Gasteiger partial charge in [0.1, 0.15) is 12.4 Å². The molecule has 33 heavy (non-hydrogen) atoms. The average Bonchev–Trinajstić information content (AvgIpc) is 3.37. The van der Waals surface area contributed by atoms with Gasteiger partial charge in [0, 0.05) is 17.3 Å². The molecule has 0 spiro atoms. The molecular weight excluding hydrogens is 434 g/mol. The highest BCUT2D eigenvalue weighted by Crippen LogP contribution is 2.30. The molecular formula is C27H23NO4S. The van der Waals surface area contributed by atoms with Crippen molar-refractivity contribution >= 4 is 23.2 Å². The molecule has 4 aromatic rings. The molecule has 6 heteroatoms. The lowest BCUT2D eigenvalue weighted by molar-refractivity contribution is 0.105. The summed E-state index contributed by atoms with van der Waals surface area (Å²) in [4.78, 5) is 18.4. The van der Waals surface area contributed by atoms with E-state index in [0.717, 1.165) is 27.3 Å². The fraction of sp³-hybridized carbons (Fsp3) is 0.111. The minimum absolute atomic E-state index is 0.0425. The summed E-state index contributed by atoms with van der Waals surface area (Å²) in [6, 6.07) is 21.0. The summed E-state index contributed by atoms with van der Waals surface area (Å²) >= 11 is 1.46. The maximum Gasteiger partial charge on any atom is 0.195 e. The first-order valence-electron chi connectivity index (χ1n) is 10.3. The van der Waals surface area contributed by atoms with Gasteiger partial charge in [0.25, 0.3) is 0 Å². The second-order valence-corrected chi connectivity index (χ2v) is 8.23. The van der Waals surface area contributed by atoms with Gasteiger partial charge in [-0.3, -0.25) is 9.78 Å². The van der Waals surface area contributed by atoms with Crippen LogP contribution in [0.3, 0.4) is 0 Å². The van der Waals surface area contributed by atoms with Crippen molar-refractivity contribution in [3.05, 3.63) is 101 Å². The van der Waals surface area contributed by atoms with Crippen LogP contribution in [0.5, 0.6) is 17.2 Å². The minimum atomic E-state index is -0.0425. The second kappa shape index (κ2) is 10.6. The van der Waals surface area contributed by atoms with Gasteiger partial charge in [-0.15, -0.1) is 11.3 Å². The van der Waals surface area contributed by atoms with E-state index in [-0.39, 0.29) is 5.78 Å². The molecule has 0 bridgehead atoms. The van der Waals surface area contributed by atoms with Gasteiger partial charge in [0.15, 0.2) is 17.3 Å². The van der Waals surface area contributed by atoms with Gasteiger partial charge in [-0.2, -0.15) is 0 Å². The zero-order valence-corrected chi connectivity index (χ0v) is 19.2. The van der Waals surface area contributed by atoms with E-state index in [9.17, 15) is 4.79 Å². The third-order valence-corrected chi connectivity index (χ3v) is 6.13. The van der Waals surface area contributed by atoms with Crippen LogP contribution in [0, 0.1) is 0 Å². The van der Waals surface area contributed by atoms with E-state index in [2.05, 4.69) is 4.98 Å². The highest BCUT2D eigenvalue weighted by atomic mass is 32.1. The molecule has 0 saturated heterocycles. The summed E-state index contributed by atoms with van der Waals surface area (Å²) in [5.41, 5.74) is 2.92. The maximum absolute atomic E-state index is 12.6. The molecule has 0 aliphatic carbocycles. The van der Waals surface area contributed by atoms with Crippen LogP contribution in [0.4, 0.5) is 0 Å². The Morgan fingerprint density at radius 3 is 2.42 bits per heavy atom. The first-order valence-corrected chi connectivity index (χ1v) is 11.1. The minimum Gasteiger partial charge on any atom is -0.497 e. The number of ketones is 1. The van der Waals surface area contributed by atoms with Gasteiger partial charge in [0.05, 0.1) is 19.1 Å². The largest absolute Gasteiger partial charge is 0.497 e. The Hall–Kier alpha value is -3.90. The molecule has 0 unspecified atom stereocenters. The molecule has 5 nitrogen and oxygen atoms in total. The van der Waals surface area contributed by atoms with Gasteiger partial charge in [0.2, 0.25) is 0 Å². The molecule has 0 amide bonds. The van der Waals surface area contributed by atoms with E-state index in [4.69, 9.17) is 14.2 Å². The highest BCUT2D eigenvalue weighted by molar-refractivity contribution is 7.17. The number of benzene rings is 2. The third kappa shape index (κ3) is 5.67. The van der Waals surface area contributed by atoms with Crippen molar-refractivity contribution in [2.75, 3.05) is 14.2 Å². The number of methoxy groups -OCH3 is 2. The van der Waals surface area contributed by atoms with Crippen LogP contribution >= 0.6 is 11.3 Å². The van der Waals surface area contributed by atoms with E-state index >= 15 is 0 Å². The monoisotopic (exact) mass is 457 g/mol. The predicted octanol–water partition coefficient (Wildman–Crippen LogP) is 6.30. The van der Waals surface area contributed by atoms with Crippen molar-refractivity contribution < 1.29 is 19.0 Å².